The molecule has 6 heteroatoms. The van der Waals surface area contributed by atoms with Crippen molar-refractivity contribution < 1.29 is 13.5 Å². The Morgan fingerprint density at radius 1 is 1.56 bits per heavy atom. The van der Waals surface area contributed by atoms with Crippen LogP contribution in [-0.4, -0.2) is 12.1 Å². The van der Waals surface area contributed by atoms with E-state index in [2.05, 4.69) is 4.98 Å². The van der Waals surface area contributed by atoms with Crippen molar-refractivity contribution in [3.05, 3.63) is 23.0 Å². The molecule has 0 saturated heterocycles. The van der Waals surface area contributed by atoms with Gasteiger partial charge in [0.05, 0.1) is 31.0 Å². The summed E-state index contributed by atoms with van der Waals surface area (Å²) in [6, 6.07) is 3.07. The van der Waals surface area contributed by atoms with Gasteiger partial charge in [0.2, 0.25) is 0 Å². The van der Waals surface area contributed by atoms with Crippen LogP contribution >= 0.6 is 0 Å². The fourth-order valence-electron chi connectivity index (χ4n) is 1.32. The molecule has 0 bridgehead atoms. The Hall–Kier alpha value is -1.74. The third-order valence-corrected chi connectivity index (χ3v) is 2.07. The quantitative estimate of drug-likeness (QED) is 0.847. The second-order valence-electron chi connectivity index (χ2n) is 3.01. The van der Waals surface area contributed by atoms with Crippen molar-refractivity contribution in [1.29, 1.82) is 5.26 Å². The molecule has 0 spiro atoms. The Balaban J connectivity index is 3.29. The first-order chi connectivity index (χ1) is 7.63. The molecule has 4 nitrogen and oxygen atoms in total. The molecule has 1 heterocycles. The highest BCUT2D eigenvalue weighted by atomic mass is 19.3. The van der Waals surface area contributed by atoms with E-state index in [-0.39, 0.29) is 30.0 Å². The minimum Gasteiger partial charge on any atom is -0.495 e. The summed E-state index contributed by atoms with van der Waals surface area (Å²) in [7, 11) is 1.34. The van der Waals surface area contributed by atoms with Crippen LogP contribution in [0.3, 0.4) is 0 Å². The van der Waals surface area contributed by atoms with Crippen molar-refractivity contribution in [3.63, 3.8) is 0 Å². The third kappa shape index (κ3) is 2.44. The fourth-order valence-corrected chi connectivity index (χ4v) is 1.32. The summed E-state index contributed by atoms with van der Waals surface area (Å²) in [5.41, 5.74) is 5.50. The Morgan fingerprint density at radius 2 is 2.25 bits per heavy atom. The lowest BCUT2D eigenvalue weighted by atomic mass is 10.1. The number of nitrogens with two attached hydrogens (primary N) is 1. The predicted octanol–water partition coefficient (Wildman–Crippen LogP) is 1.55. The molecule has 2 N–H and O–H groups in total. The van der Waals surface area contributed by atoms with Crippen LogP contribution in [0.2, 0.25) is 0 Å². The maximum absolute atomic E-state index is 12.6. The summed E-state index contributed by atoms with van der Waals surface area (Å²) in [5, 5.41) is 8.56. The Bertz CT molecular complexity index is 415. The molecule has 16 heavy (non-hydrogen) atoms. The zero-order valence-corrected chi connectivity index (χ0v) is 8.70. The van der Waals surface area contributed by atoms with Crippen molar-refractivity contribution in [2.75, 3.05) is 7.11 Å². The van der Waals surface area contributed by atoms with E-state index >= 15 is 0 Å². The first-order valence-electron chi connectivity index (χ1n) is 4.55. The molecule has 0 aromatic carbocycles. The Kier molecular flexibility index (Phi) is 4.14. The number of hydrogen-bond acceptors (Lipinski definition) is 4. The van der Waals surface area contributed by atoms with E-state index in [1.165, 1.54) is 13.2 Å². The van der Waals surface area contributed by atoms with Crippen molar-refractivity contribution in [3.8, 4) is 11.8 Å². The van der Waals surface area contributed by atoms with Crippen LogP contribution in [0.1, 0.15) is 23.4 Å². The minimum absolute atomic E-state index is 0.000306. The highest BCUT2D eigenvalue weighted by Crippen LogP contribution is 2.28. The average Bonchev–Trinajstić information content (AvgIpc) is 2.28. The maximum atomic E-state index is 12.6. The largest absolute Gasteiger partial charge is 0.495 e. The number of ether oxygens (including phenoxy) is 1. The van der Waals surface area contributed by atoms with Gasteiger partial charge in [-0.2, -0.15) is 5.26 Å². The molecule has 0 fully saturated rings. The van der Waals surface area contributed by atoms with E-state index in [4.69, 9.17) is 15.7 Å². The van der Waals surface area contributed by atoms with Gasteiger partial charge < -0.3 is 10.5 Å². The number of halogens is 2. The molecular formula is C10H11F2N3O. The second-order valence-corrected chi connectivity index (χ2v) is 3.01. The van der Waals surface area contributed by atoms with Gasteiger partial charge in [0, 0.05) is 12.1 Å². The van der Waals surface area contributed by atoms with Gasteiger partial charge in [-0.1, -0.05) is 0 Å². The lowest BCUT2D eigenvalue weighted by molar-refractivity contribution is 0.149. The second kappa shape index (κ2) is 5.37. The Morgan fingerprint density at radius 3 is 2.69 bits per heavy atom. The molecule has 0 aliphatic carbocycles. The number of nitriles is 1. The SMILES string of the molecule is COc1cc(C(F)F)c(CN)nc1CC#N. The number of alkyl halides is 2. The lowest BCUT2D eigenvalue weighted by Crippen LogP contribution is -2.08. The van der Waals surface area contributed by atoms with E-state index in [0.717, 1.165) is 0 Å². The van der Waals surface area contributed by atoms with Crippen LogP contribution in [-0.2, 0) is 13.0 Å². The summed E-state index contributed by atoms with van der Waals surface area (Å²) in [4.78, 5) is 3.92. The van der Waals surface area contributed by atoms with Gasteiger partial charge in [-0.15, -0.1) is 0 Å². The van der Waals surface area contributed by atoms with Crippen LogP contribution in [0.25, 0.3) is 0 Å². The normalized spacial score (nSPS) is 10.2. The minimum atomic E-state index is -2.66. The summed E-state index contributed by atoms with van der Waals surface area (Å²) >= 11 is 0. The first-order valence-corrected chi connectivity index (χ1v) is 4.55. The van der Waals surface area contributed by atoms with Crippen molar-refractivity contribution in [2.45, 2.75) is 19.4 Å². The van der Waals surface area contributed by atoms with Crippen LogP contribution in [0.4, 0.5) is 8.78 Å². The number of pyridine rings is 1. The number of rotatable bonds is 4. The van der Waals surface area contributed by atoms with Gasteiger partial charge in [-0.25, -0.2) is 8.78 Å². The van der Waals surface area contributed by atoms with Crippen LogP contribution in [0, 0.1) is 11.3 Å². The standard InChI is InChI=1S/C10H11F2N3O/c1-16-9-4-6(10(11)12)8(5-14)15-7(9)2-3-13/h4,10H,2,5,14H2,1H3. The molecule has 1 rings (SSSR count). The molecule has 0 radical (unpaired) electrons. The van der Waals surface area contributed by atoms with Crippen molar-refractivity contribution in [2.24, 2.45) is 5.73 Å². The van der Waals surface area contributed by atoms with Crippen LogP contribution in [0.5, 0.6) is 5.75 Å². The van der Waals surface area contributed by atoms with E-state index in [9.17, 15) is 8.78 Å². The molecule has 0 saturated carbocycles. The van der Waals surface area contributed by atoms with E-state index < -0.39 is 6.43 Å². The molecule has 0 aliphatic rings. The molecule has 86 valence electrons. The highest BCUT2D eigenvalue weighted by molar-refractivity contribution is 5.37. The zero-order chi connectivity index (χ0) is 12.1. The summed E-state index contributed by atoms with van der Waals surface area (Å²) in [6.07, 6.45) is -2.66. The predicted molar refractivity (Wildman–Crippen MR) is 53.0 cm³/mol. The lowest BCUT2D eigenvalue weighted by Gasteiger charge is -2.11. The molecule has 0 atom stereocenters. The highest BCUT2D eigenvalue weighted by Gasteiger charge is 2.17. The maximum Gasteiger partial charge on any atom is 0.265 e. The molecule has 1 aromatic rings. The van der Waals surface area contributed by atoms with E-state index in [1.54, 1.807) is 0 Å². The number of hydrogen-bond donors (Lipinski definition) is 1. The third-order valence-electron chi connectivity index (χ3n) is 2.07. The number of aromatic nitrogens is 1. The van der Waals surface area contributed by atoms with Crippen molar-refractivity contribution >= 4 is 0 Å². The van der Waals surface area contributed by atoms with E-state index in [0.29, 0.717) is 5.69 Å². The monoisotopic (exact) mass is 227 g/mol. The summed E-state index contributed by atoms with van der Waals surface area (Å²) in [5.74, 6) is 0.189. The molecule has 1 aromatic heterocycles. The van der Waals surface area contributed by atoms with Crippen LogP contribution in [0.15, 0.2) is 6.07 Å². The van der Waals surface area contributed by atoms with E-state index in [1.807, 2.05) is 6.07 Å². The summed E-state index contributed by atoms with van der Waals surface area (Å²) in [6.45, 7) is -0.0951. The fraction of sp³-hybridized carbons (Fsp3) is 0.400. The molecule has 0 amide bonds. The molecule has 0 unspecified atom stereocenters. The zero-order valence-electron chi connectivity index (χ0n) is 8.70. The van der Waals surface area contributed by atoms with Crippen LogP contribution < -0.4 is 10.5 Å². The molecular weight excluding hydrogens is 216 g/mol. The first kappa shape index (κ1) is 12.3. The molecule has 0 aliphatic heterocycles. The summed E-state index contributed by atoms with van der Waals surface area (Å²) < 4.78 is 30.2. The van der Waals surface area contributed by atoms with Gasteiger partial charge in [0.1, 0.15) is 5.75 Å². The average molecular weight is 227 g/mol. The van der Waals surface area contributed by atoms with Gasteiger partial charge in [0.25, 0.3) is 6.43 Å². The Labute approximate surface area is 91.7 Å². The van der Waals surface area contributed by atoms with Gasteiger partial charge in [0.15, 0.2) is 0 Å². The topological polar surface area (TPSA) is 71.9 Å². The van der Waals surface area contributed by atoms with Gasteiger partial charge in [-0.3, -0.25) is 4.98 Å². The smallest absolute Gasteiger partial charge is 0.265 e. The van der Waals surface area contributed by atoms with Gasteiger partial charge in [-0.05, 0) is 6.07 Å². The van der Waals surface area contributed by atoms with Crippen molar-refractivity contribution in [1.82, 2.24) is 4.98 Å². The number of nitrogens with zero attached hydrogens (tertiary/aromatic N) is 2. The van der Waals surface area contributed by atoms with Gasteiger partial charge >= 0.3 is 0 Å². The number of methoxy groups -OCH3 is 1.